The molecule has 0 unspecified atom stereocenters. The molecule has 0 saturated heterocycles. The molecule has 3 rings (SSSR count). The Morgan fingerprint density at radius 3 is 2.26 bits per heavy atom. The number of furan rings is 1. The van der Waals surface area contributed by atoms with Crippen molar-refractivity contribution in [2.45, 2.75) is 0 Å². The monoisotopic (exact) mass is 396 g/mol. The third-order valence-corrected chi connectivity index (χ3v) is 4.18. The number of methoxy groups -OCH3 is 2. The van der Waals surface area contributed by atoms with Gasteiger partial charge in [-0.3, -0.25) is 4.79 Å². The summed E-state index contributed by atoms with van der Waals surface area (Å²) >= 11 is 5.92. The number of nitrogens with zero attached hydrogens (tertiary/aromatic N) is 2. The highest BCUT2D eigenvalue weighted by Crippen LogP contribution is 2.38. The number of ether oxygens (including phenoxy) is 2. The van der Waals surface area contributed by atoms with Gasteiger partial charge in [0.2, 0.25) is 5.78 Å². The SMILES string of the molecule is COc1cc(OC)c(F)c(C(=O)c2oc3cnc(Cl)cc3c2N(C)C)c1F. The fraction of sp³-hybridized carbons (Fsp3) is 0.222. The van der Waals surface area contributed by atoms with Crippen molar-refractivity contribution in [2.75, 3.05) is 33.2 Å². The number of fused-ring (bicyclic) bond motifs is 1. The molecule has 0 aliphatic heterocycles. The average molecular weight is 397 g/mol. The second kappa shape index (κ2) is 7.03. The van der Waals surface area contributed by atoms with Gasteiger partial charge in [-0.1, -0.05) is 11.6 Å². The maximum Gasteiger partial charge on any atom is 0.236 e. The summed E-state index contributed by atoms with van der Waals surface area (Å²) in [5.41, 5.74) is -0.269. The van der Waals surface area contributed by atoms with Crippen LogP contribution < -0.4 is 14.4 Å². The fourth-order valence-corrected chi connectivity index (χ4v) is 2.92. The molecule has 0 atom stereocenters. The number of rotatable bonds is 5. The van der Waals surface area contributed by atoms with E-state index >= 15 is 0 Å². The van der Waals surface area contributed by atoms with Crippen LogP contribution in [0, 0.1) is 11.6 Å². The van der Waals surface area contributed by atoms with Gasteiger partial charge in [0.15, 0.2) is 34.5 Å². The van der Waals surface area contributed by atoms with Crippen LogP contribution in [0.15, 0.2) is 22.7 Å². The van der Waals surface area contributed by atoms with E-state index in [-0.39, 0.29) is 28.0 Å². The number of aromatic nitrogens is 1. The lowest BCUT2D eigenvalue weighted by molar-refractivity contribution is 0.100. The summed E-state index contributed by atoms with van der Waals surface area (Å²) < 4.78 is 44.7. The molecule has 0 fully saturated rings. The van der Waals surface area contributed by atoms with Crippen LogP contribution in [0.5, 0.6) is 11.5 Å². The summed E-state index contributed by atoms with van der Waals surface area (Å²) in [7, 11) is 5.72. The summed E-state index contributed by atoms with van der Waals surface area (Å²) in [6.45, 7) is 0. The Balaban J connectivity index is 2.30. The van der Waals surface area contributed by atoms with Gasteiger partial charge in [0.05, 0.1) is 26.1 Å². The van der Waals surface area contributed by atoms with Gasteiger partial charge in [0, 0.05) is 25.5 Å². The zero-order valence-corrected chi connectivity index (χ0v) is 15.6. The molecule has 0 aliphatic rings. The first-order valence-electron chi connectivity index (χ1n) is 7.70. The van der Waals surface area contributed by atoms with Gasteiger partial charge in [-0.15, -0.1) is 0 Å². The lowest BCUT2D eigenvalue weighted by Crippen LogP contribution is -2.15. The summed E-state index contributed by atoms with van der Waals surface area (Å²) in [5, 5.41) is 0.671. The molecule has 0 spiro atoms. The maximum absolute atomic E-state index is 14.7. The molecule has 0 bridgehead atoms. The van der Waals surface area contributed by atoms with Crippen molar-refractivity contribution >= 4 is 34.0 Å². The number of hydrogen-bond acceptors (Lipinski definition) is 6. The van der Waals surface area contributed by atoms with E-state index in [1.165, 1.54) is 26.5 Å². The molecule has 2 heterocycles. The van der Waals surface area contributed by atoms with E-state index in [2.05, 4.69) is 4.98 Å². The zero-order chi connectivity index (χ0) is 19.9. The number of ketones is 1. The molecule has 3 aromatic rings. The lowest BCUT2D eigenvalue weighted by atomic mass is 10.0. The van der Waals surface area contributed by atoms with E-state index in [4.69, 9.17) is 25.5 Å². The molecule has 0 amide bonds. The summed E-state index contributed by atoms with van der Waals surface area (Å²) in [4.78, 5) is 18.5. The first-order valence-corrected chi connectivity index (χ1v) is 8.08. The highest BCUT2D eigenvalue weighted by Gasteiger charge is 2.31. The minimum absolute atomic E-state index is 0.186. The van der Waals surface area contributed by atoms with Gasteiger partial charge >= 0.3 is 0 Å². The third-order valence-electron chi connectivity index (χ3n) is 3.97. The van der Waals surface area contributed by atoms with Crippen molar-refractivity contribution in [3.05, 3.63) is 46.4 Å². The molecule has 0 aliphatic carbocycles. The molecule has 142 valence electrons. The molecular weight excluding hydrogens is 382 g/mol. The van der Waals surface area contributed by atoms with Crippen molar-refractivity contribution < 1.29 is 27.5 Å². The largest absolute Gasteiger partial charge is 0.494 e. The molecule has 0 N–H and O–H groups in total. The summed E-state index contributed by atoms with van der Waals surface area (Å²) in [5.74, 6) is -4.22. The number of anilines is 1. The zero-order valence-electron chi connectivity index (χ0n) is 14.9. The standard InChI is InChI=1S/C18H15ClF2N2O4/c1-23(2)16-8-5-12(19)22-7-11(8)27-18(16)17(24)13-14(20)9(25-3)6-10(26-4)15(13)21/h5-7H,1-4H3. The van der Waals surface area contributed by atoms with Gasteiger partial charge in [-0.2, -0.15) is 0 Å². The fourth-order valence-electron chi connectivity index (χ4n) is 2.76. The quantitative estimate of drug-likeness (QED) is 0.478. The van der Waals surface area contributed by atoms with E-state index in [9.17, 15) is 13.6 Å². The number of hydrogen-bond donors (Lipinski definition) is 0. The molecule has 2 aromatic heterocycles. The Bertz CT molecular complexity index is 1020. The van der Waals surface area contributed by atoms with Crippen LogP contribution in [0.1, 0.15) is 16.1 Å². The number of halogens is 3. The van der Waals surface area contributed by atoms with Crippen molar-refractivity contribution in [3.8, 4) is 11.5 Å². The van der Waals surface area contributed by atoms with Crippen LogP contribution in [0.25, 0.3) is 11.0 Å². The van der Waals surface area contributed by atoms with Crippen LogP contribution in [-0.4, -0.2) is 39.1 Å². The second-order valence-corrected chi connectivity index (χ2v) is 6.18. The molecule has 0 saturated carbocycles. The molecule has 6 nitrogen and oxygen atoms in total. The Morgan fingerprint density at radius 1 is 1.15 bits per heavy atom. The van der Waals surface area contributed by atoms with E-state index in [0.717, 1.165) is 6.07 Å². The van der Waals surface area contributed by atoms with Crippen LogP contribution >= 0.6 is 11.6 Å². The van der Waals surface area contributed by atoms with Crippen molar-refractivity contribution in [1.82, 2.24) is 4.98 Å². The minimum atomic E-state index is -1.15. The van der Waals surface area contributed by atoms with Crippen LogP contribution in [0.4, 0.5) is 14.5 Å². The van der Waals surface area contributed by atoms with E-state index < -0.39 is 23.0 Å². The van der Waals surface area contributed by atoms with Crippen LogP contribution in [0.3, 0.4) is 0 Å². The van der Waals surface area contributed by atoms with Crippen molar-refractivity contribution in [1.29, 1.82) is 0 Å². The average Bonchev–Trinajstić information content (AvgIpc) is 3.00. The third kappa shape index (κ3) is 3.06. The number of carbonyl (C=O) groups is 1. The first-order chi connectivity index (χ1) is 12.8. The molecule has 9 heteroatoms. The normalized spacial score (nSPS) is 10.9. The number of carbonyl (C=O) groups excluding carboxylic acids is 1. The summed E-state index contributed by atoms with van der Waals surface area (Å²) in [6, 6.07) is 2.53. The summed E-state index contributed by atoms with van der Waals surface area (Å²) in [6.07, 6.45) is 1.33. The van der Waals surface area contributed by atoms with Gasteiger partial charge < -0.3 is 18.8 Å². The number of benzene rings is 1. The molecule has 1 aromatic carbocycles. The van der Waals surface area contributed by atoms with Crippen LogP contribution in [0.2, 0.25) is 5.15 Å². The Morgan fingerprint density at radius 2 is 1.74 bits per heavy atom. The Kier molecular flexibility index (Phi) is 4.93. The predicted octanol–water partition coefficient (Wildman–Crippen LogP) is 4.07. The molecule has 0 radical (unpaired) electrons. The Labute approximate surface area is 158 Å². The predicted molar refractivity (Wildman–Crippen MR) is 96.2 cm³/mol. The highest BCUT2D eigenvalue weighted by atomic mass is 35.5. The minimum Gasteiger partial charge on any atom is -0.494 e. The van der Waals surface area contributed by atoms with Gasteiger partial charge in [0.1, 0.15) is 10.7 Å². The Hall–Kier alpha value is -2.87. The lowest BCUT2D eigenvalue weighted by Gasteiger charge is -2.14. The van der Waals surface area contributed by atoms with Crippen molar-refractivity contribution in [3.63, 3.8) is 0 Å². The molecular formula is C18H15ClF2N2O4. The van der Waals surface area contributed by atoms with Crippen molar-refractivity contribution in [2.24, 2.45) is 0 Å². The van der Waals surface area contributed by atoms with Crippen LogP contribution in [-0.2, 0) is 0 Å². The van der Waals surface area contributed by atoms with E-state index in [0.29, 0.717) is 11.1 Å². The van der Waals surface area contributed by atoms with Gasteiger partial charge in [-0.05, 0) is 6.07 Å². The van der Waals surface area contributed by atoms with Gasteiger partial charge in [-0.25, -0.2) is 13.8 Å². The maximum atomic E-state index is 14.7. The van der Waals surface area contributed by atoms with E-state index in [1.54, 1.807) is 19.0 Å². The number of pyridine rings is 1. The van der Waals surface area contributed by atoms with E-state index in [1.807, 2.05) is 0 Å². The molecule has 27 heavy (non-hydrogen) atoms. The topological polar surface area (TPSA) is 64.8 Å². The smallest absolute Gasteiger partial charge is 0.236 e. The highest BCUT2D eigenvalue weighted by molar-refractivity contribution is 6.30. The second-order valence-electron chi connectivity index (χ2n) is 5.79. The van der Waals surface area contributed by atoms with Gasteiger partial charge in [0.25, 0.3) is 0 Å². The first kappa shape index (κ1) is 18.9.